The van der Waals surface area contributed by atoms with Gasteiger partial charge >= 0.3 is 12.1 Å². The van der Waals surface area contributed by atoms with Gasteiger partial charge in [-0.25, -0.2) is 9.18 Å². The molecule has 1 saturated heterocycles. The molecule has 0 bridgehead atoms. The van der Waals surface area contributed by atoms with Crippen molar-refractivity contribution in [2.24, 2.45) is 5.92 Å². The summed E-state index contributed by atoms with van der Waals surface area (Å²) in [5.74, 6) is -1.07. The maximum Gasteiger partial charge on any atom is 0.415 e. The first-order chi connectivity index (χ1) is 6.16. The summed E-state index contributed by atoms with van der Waals surface area (Å²) in [6, 6.07) is -0.222. The monoisotopic (exact) mass is 187 g/mol. The van der Waals surface area contributed by atoms with E-state index < -0.39 is 24.2 Å². The molecular weight excluding hydrogens is 177 g/mol. The van der Waals surface area contributed by atoms with E-state index in [1.807, 2.05) is 0 Å². The number of ether oxygens (including phenoxy) is 1. The summed E-state index contributed by atoms with van der Waals surface area (Å²) in [4.78, 5) is 21.9. The molecule has 0 aromatic carbocycles. The Balaban J connectivity index is 2.11. The molecule has 1 saturated carbocycles. The van der Waals surface area contributed by atoms with Gasteiger partial charge in [-0.2, -0.15) is 0 Å². The van der Waals surface area contributed by atoms with Crippen LogP contribution < -0.4 is 5.32 Å². The zero-order valence-corrected chi connectivity index (χ0v) is 6.96. The standard InChI is InChI=1S/C8H10FNO3/c9-4-1-2-6-5(3-4)7(11)13-8(12)10-6/h4-6H,1-3H2,(H,10,12). The lowest BCUT2D eigenvalue weighted by Crippen LogP contribution is -2.53. The summed E-state index contributed by atoms with van der Waals surface area (Å²) >= 11 is 0. The van der Waals surface area contributed by atoms with E-state index in [0.29, 0.717) is 12.8 Å². The van der Waals surface area contributed by atoms with E-state index >= 15 is 0 Å². The molecule has 2 fully saturated rings. The van der Waals surface area contributed by atoms with Crippen molar-refractivity contribution in [3.05, 3.63) is 0 Å². The van der Waals surface area contributed by atoms with Crippen molar-refractivity contribution in [3.8, 4) is 0 Å². The van der Waals surface area contributed by atoms with Crippen molar-refractivity contribution in [3.63, 3.8) is 0 Å². The van der Waals surface area contributed by atoms with Gasteiger partial charge in [-0.1, -0.05) is 0 Å². The average molecular weight is 187 g/mol. The van der Waals surface area contributed by atoms with Crippen LogP contribution >= 0.6 is 0 Å². The molecule has 1 amide bonds. The number of alkyl halides is 1. The van der Waals surface area contributed by atoms with Crippen molar-refractivity contribution < 1.29 is 18.7 Å². The lowest BCUT2D eigenvalue weighted by Gasteiger charge is -2.34. The summed E-state index contributed by atoms with van der Waals surface area (Å²) in [7, 11) is 0. The van der Waals surface area contributed by atoms with Gasteiger partial charge in [0.2, 0.25) is 0 Å². The second-order valence-corrected chi connectivity index (χ2v) is 3.48. The molecule has 1 N–H and O–H groups in total. The fraction of sp³-hybridized carbons (Fsp3) is 0.750. The lowest BCUT2D eigenvalue weighted by atomic mass is 9.83. The van der Waals surface area contributed by atoms with Crippen molar-refractivity contribution in [1.82, 2.24) is 5.32 Å². The van der Waals surface area contributed by atoms with E-state index in [9.17, 15) is 14.0 Å². The van der Waals surface area contributed by atoms with Gasteiger partial charge in [0.05, 0.1) is 5.92 Å². The first-order valence-corrected chi connectivity index (χ1v) is 4.33. The molecule has 0 spiro atoms. The third-order valence-electron chi connectivity index (χ3n) is 2.59. The highest BCUT2D eigenvalue weighted by Crippen LogP contribution is 2.29. The molecule has 1 aliphatic heterocycles. The predicted octanol–water partition coefficient (Wildman–Crippen LogP) is 0.760. The maximum atomic E-state index is 12.9. The first-order valence-electron chi connectivity index (χ1n) is 4.33. The molecule has 3 unspecified atom stereocenters. The summed E-state index contributed by atoms with van der Waals surface area (Å²) in [5, 5.41) is 2.52. The molecule has 2 rings (SSSR count). The number of hydrogen-bond donors (Lipinski definition) is 1. The van der Waals surface area contributed by atoms with Gasteiger partial charge in [-0.05, 0) is 19.3 Å². The predicted molar refractivity (Wildman–Crippen MR) is 40.6 cm³/mol. The van der Waals surface area contributed by atoms with E-state index in [4.69, 9.17) is 0 Å². The molecule has 0 radical (unpaired) electrons. The molecule has 1 heterocycles. The van der Waals surface area contributed by atoms with Gasteiger partial charge in [0.15, 0.2) is 0 Å². The van der Waals surface area contributed by atoms with Crippen LogP contribution in [0.25, 0.3) is 0 Å². The van der Waals surface area contributed by atoms with Gasteiger partial charge in [0.1, 0.15) is 6.17 Å². The molecule has 0 aromatic heterocycles. The normalized spacial score (nSPS) is 39.0. The van der Waals surface area contributed by atoms with Crippen LogP contribution in [0.2, 0.25) is 0 Å². The molecular formula is C8H10FNO3. The van der Waals surface area contributed by atoms with Crippen LogP contribution in [0.4, 0.5) is 9.18 Å². The third kappa shape index (κ3) is 1.50. The number of carbonyl (C=O) groups is 2. The smallest absolute Gasteiger partial charge is 0.376 e. The molecule has 72 valence electrons. The van der Waals surface area contributed by atoms with E-state index in [-0.39, 0.29) is 12.5 Å². The van der Waals surface area contributed by atoms with Gasteiger partial charge in [0.25, 0.3) is 0 Å². The van der Waals surface area contributed by atoms with E-state index in [2.05, 4.69) is 10.1 Å². The fourth-order valence-corrected chi connectivity index (χ4v) is 1.90. The number of carbonyl (C=O) groups excluding carboxylic acids is 2. The number of alkyl carbamates (subject to hydrolysis) is 1. The van der Waals surface area contributed by atoms with E-state index in [0.717, 1.165) is 0 Å². The SMILES string of the molecule is O=C1NC2CCC(F)CC2C(=O)O1. The van der Waals surface area contributed by atoms with Crippen LogP contribution in [0.1, 0.15) is 19.3 Å². The molecule has 13 heavy (non-hydrogen) atoms. The summed E-state index contributed by atoms with van der Waals surface area (Å²) in [6.07, 6.45) is -0.544. The molecule has 1 aliphatic carbocycles. The minimum Gasteiger partial charge on any atom is -0.376 e. The van der Waals surface area contributed by atoms with Crippen molar-refractivity contribution in [2.75, 3.05) is 0 Å². The Morgan fingerprint density at radius 3 is 2.92 bits per heavy atom. The second-order valence-electron chi connectivity index (χ2n) is 3.48. The highest BCUT2D eigenvalue weighted by Gasteiger charge is 2.41. The number of halogens is 1. The first kappa shape index (κ1) is 8.47. The summed E-state index contributed by atoms with van der Waals surface area (Å²) in [6.45, 7) is 0. The Labute approximate surface area is 74.4 Å². The Morgan fingerprint density at radius 2 is 2.15 bits per heavy atom. The highest BCUT2D eigenvalue weighted by molar-refractivity contribution is 5.89. The van der Waals surface area contributed by atoms with Crippen LogP contribution in [0.15, 0.2) is 0 Å². The van der Waals surface area contributed by atoms with Crippen LogP contribution in [0, 0.1) is 5.92 Å². The Hall–Kier alpha value is -1.13. The second kappa shape index (κ2) is 2.97. The summed E-state index contributed by atoms with van der Waals surface area (Å²) < 4.78 is 17.3. The zero-order valence-electron chi connectivity index (χ0n) is 6.96. The van der Waals surface area contributed by atoms with E-state index in [1.165, 1.54) is 0 Å². The minimum absolute atomic E-state index is 0.170. The average Bonchev–Trinajstić information content (AvgIpc) is 2.06. The van der Waals surface area contributed by atoms with Gasteiger partial charge in [-0.15, -0.1) is 0 Å². The molecule has 3 atom stereocenters. The third-order valence-corrected chi connectivity index (χ3v) is 2.59. The number of hydrogen-bond acceptors (Lipinski definition) is 3. The van der Waals surface area contributed by atoms with Crippen molar-refractivity contribution in [2.45, 2.75) is 31.5 Å². The van der Waals surface area contributed by atoms with Crippen LogP contribution in [0.3, 0.4) is 0 Å². The van der Waals surface area contributed by atoms with Crippen molar-refractivity contribution in [1.29, 1.82) is 0 Å². The van der Waals surface area contributed by atoms with Gasteiger partial charge in [-0.3, -0.25) is 4.79 Å². The number of esters is 1. The van der Waals surface area contributed by atoms with Crippen molar-refractivity contribution >= 4 is 12.1 Å². The zero-order chi connectivity index (χ0) is 9.42. The quantitative estimate of drug-likeness (QED) is 0.450. The number of nitrogens with one attached hydrogen (secondary N) is 1. The maximum absolute atomic E-state index is 12.9. The molecule has 2 aliphatic rings. The number of cyclic esters (lactones) is 2. The number of rotatable bonds is 0. The topological polar surface area (TPSA) is 55.4 Å². The lowest BCUT2D eigenvalue weighted by molar-refractivity contribution is -0.148. The molecule has 4 nitrogen and oxygen atoms in total. The largest absolute Gasteiger partial charge is 0.415 e. The van der Waals surface area contributed by atoms with Crippen LogP contribution in [0.5, 0.6) is 0 Å². The van der Waals surface area contributed by atoms with Gasteiger partial charge in [0, 0.05) is 6.04 Å². The molecule has 5 heteroatoms. The van der Waals surface area contributed by atoms with Gasteiger partial charge < -0.3 is 10.1 Å². The summed E-state index contributed by atoms with van der Waals surface area (Å²) in [5.41, 5.74) is 0. The molecule has 0 aromatic rings. The highest BCUT2D eigenvalue weighted by atomic mass is 19.1. The van der Waals surface area contributed by atoms with E-state index in [1.54, 1.807) is 0 Å². The Bertz CT molecular complexity index is 256. The Kier molecular flexibility index (Phi) is 1.94. The number of amides is 1. The van der Waals surface area contributed by atoms with Crippen LogP contribution in [-0.4, -0.2) is 24.3 Å². The minimum atomic E-state index is -0.941. The van der Waals surface area contributed by atoms with Crippen LogP contribution in [-0.2, 0) is 9.53 Å². The Morgan fingerprint density at radius 1 is 1.38 bits per heavy atom. The fourth-order valence-electron chi connectivity index (χ4n) is 1.90. The number of fused-ring (bicyclic) bond motifs is 1.